The summed E-state index contributed by atoms with van der Waals surface area (Å²) in [5.41, 5.74) is 0.318. The summed E-state index contributed by atoms with van der Waals surface area (Å²) in [4.78, 5) is 37.3. The number of hydrogen-bond acceptors (Lipinski definition) is 6. The van der Waals surface area contributed by atoms with Gasteiger partial charge in [-0.2, -0.15) is 0 Å². The zero-order chi connectivity index (χ0) is 17.2. The van der Waals surface area contributed by atoms with Gasteiger partial charge in [-0.05, 0) is 6.26 Å². The van der Waals surface area contributed by atoms with Crippen LogP contribution in [0.3, 0.4) is 0 Å². The van der Waals surface area contributed by atoms with Crippen molar-refractivity contribution < 1.29 is 23.9 Å². The fourth-order valence-electron chi connectivity index (χ4n) is 2.32. The maximum atomic E-state index is 12.6. The molecule has 5 nitrogen and oxygen atoms in total. The van der Waals surface area contributed by atoms with Crippen molar-refractivity contribution in [3.63, 3.8) is 0 Å². The zero-order valence-corrected chi connectivity index (χ0v) is 14.2. The Morgan fingerprint density at radius 3 is 2.09 bits per heavy atom. The van der Waals surface area contributed by atoms with E-state index in [4.69, 9.17) is 9.47 Å². The molecule has 1 aliphatic rings. The van der Waals surface area contributed by atoms with E-state index in [1.54, 1.807) is 37.4 Å². The number of cyclic esters (lactones) is 2. The van der Waals surface area contributed by atoms with Crippen LogP contribution in [0.1, 0.15) is 31.1 Å². The van der Waals surface area contributed by atoms with Crippen molar-refractivity contribution in [2.45, 2.75) is 26.6 Å². The van der Waals surface area contributed by atoms with Crippen molar-refractivity contribution in [3.05, 3.63) is 46.4 Å². The molecule has 1 saturated heterocycles. The second kappa shape index (κ2) is 6.58. The fraction of sp³-hybridized carbons (Fsp3) is 0.353. The van der Waals surface area contributed by atoms with Crippen LogP contribution in [0.15, 0.2) is 40.8 Å². The summed E-state index contributed by atoms with van der Waals surface area (Å²) in [5, 5.41) is 0. The van der Waals surface area contributed by atoms with Crippen molar-refractivity contribution in [3.8, 4) is 0 Å². The number of thioether (sulfide) groups is 1. The van der Waals surface area contributed by atoms with Crippen LogP contribution in [0.5, 0.6) is 0 Å². The van der Waals surface area contributed by atoms with E-state index in [9.17, 15) is 14.4 Å². The average Bonchev–Trinajstić information content (AvgIpc) is 2.49. The highest BCUT2D eigenvalue weighted by atomic mass is 32.2. The summed E-state index contributed by atoms with van der Waals surface area (Å²) < 4.78 is 10.2. The van der Waals surface area contributed by atoms with Gasteiger partial charge in [0.05, 0.1) is 5.92 Å². The lowest BCUT2D eigenvalue weighted by atomic mass is 9.96. The van der Waals surface area contributed by atoms with Crippen LogP contribution >= 0.6 is 11.8 Å². The molecule has 2 rings (SSSR count). The number of Topliss-reactive ketones (excluding diaryl/α,β-unsaturated/α-hetero) is 1. The first-order valence-electron chi connectivity index (χ1n) is 7.11. The van der Waals surface area contributed by atoms with E-state index in [0.29, 0.717) is 10.5 Å². The van der Waals surface area contributed by atoms with Gasteiger partial charge in [-0.15, -0.1) is 11.8 Å². The molecule has 0 unspecified atom stereocenters. The first-order valence-corrected chi connectivity index (χ1v) is 8.33. The lowest BCUT2D eigenvalue weighted by molar-refractivity contribution is -0.222. The third-order valence-electron chi connectivity index (χ3n) is 3.40. The van der Waals surface area contributed by atoms with E-state index in [1.807, 2.05) is 6.07 Å². The molecule has 1 fully saturated rings. The minimum Gasteiger partial charge on any atom is -0.419 e. The quantitative estimate of drug-likeness (QED) is 0.365. The molecule has 23 heavy (non-hydrogen) atoms. The van der Waals surface area contributed by atoms with E-state index >= 15 is 0 Å². The van der Waals surface area contributed by atoms with Gasteiger partial charge >= 0.3 is 11.9 Å². The Hall–Kier alpha value is -2.08. The number of hydrogen-bond donors (Lipinski definition) is 0. The molecule has 0 N–H and O–H groups in total. The first-order chi connectivity index (χ1) is 10.8. The van der Waals surface area contributed by atoms with Gasteiger partial charge in [0.15, 0.2) is 11.4 Å². The molecular formula is C17H18O5S. The fourth-order valence-corrected chi connectivity index (χ4v) is 3.15. The topological polar surface area (TPSA) is 69.7 Å². The molecule has 0 amide bonds. The summed E-state index contributed by atoms with van der Waals surface area (Å²) in [6, 6.07) is 8.73. The molecule has 0 spiro atoms. The molecule has 0 aliphatic carbocycles. The van der Waals surface area contributed by atoms with Crippen LogP contribution in [0.25, 0.3) is 0 Å². The highest BCUT2D eigenvalue weighted by Gasteiger charge is 2.42. The summed E-state index contributed by atoms with van der Waals surface area (Å²) in [6.45, 7) is 4.63. The molecular weight excluding hydrogens is 316 g/mol. The van der Waals surface area contributed by atoms with Gasteiger partial charge < -0.3 is 9.47 Å². The number of ether oxygens (including phenoxy) is 2. The van der Waals surface area contributed by atoms with Crippen LogP contribution in [0.4, 0.5) is 0 Å². The van der Waals surface area contributed by atoms with Crippen LogP contribution in [-0.2, 0) is 19.1 Å². The molecule has 122 valence electrons. The molecule has 0 bridgehead atoms. The second-order valence-electron chi connectivity index (χ2n) is 5.57. The number of esters is 2. The normalized spacial score (nSPS) is 18.0. The van der Waals surface area contributed by atoms with Crippen molar-refractivity contribution in [2.75, 3.05) is 6.26 Å². The molecule has 0 saturated carbocycles. The van der Waals surface area contributed by atoms with E-state index in [1.165, 1.54) is 25.6 Å². The SMILES string of the molecule is CSC(=C1C(=O)OC(C)(C)OC1=O)[C@@H](C)C(=O)c1ccccc1. The molecule has 1 aromatic rings. The number of carbonyl (C=O) groups is 3. The number of carbonyl (C=O) groups excluding carboxylic acids is 3. The maximum Gasteiger partial charge on any atom is 0.349 e. The molecule has 1 heterocycles. The smallest absolute Gasteiger partial charge is 0.349 e. The Morgan fingerprint density at radius 2 is 1.61 bits per heavy atom. The van der Waals surface area contributed by atoms with Gasteiger partial charge in [-0.3, -0.25) is 4.79 Å². The third kappa shape index (κ3) is 3.64. The summed E-state index contributed by atoms with van der Waals surface area (Å²) >= 11 is 1.17. The molecule has 6 heteroatoms. The standard InChI is InChI=1S/C17H18O5S/c1-10(13(18)11-8-6-5-7-9-11)14(23-4)12-15(19)21-17(2,3)22-16(12)20/h5-10H,1-4H3/t10-/m0/s1. The highest BCUT2D eigenvalue weighted by Crippen LogP contribution is 2.33. The maximum absolute atomic E-state index is 12.6. The molecule has 1 aromatic carbocycles. The number of benzene rings is 1. The minimum atomic E-state index is -1.30. The Balaban J connectivity index is 2.40. The van der Waals surface area contributed by atoms with Crippen LogP contribution in [-0.4, -0.2) is 29.8 Å². The second-order valence-corrected chi connectivity index (χ2v) is 6.42. The van der Waals surface area contributed by atoms with Gasteiger partial charge in [0.1, 0.15) is 0 Å². The van der Waals surface area contributed by atoms with E-state index in [0.717, 1.165) is 0 Å². The minimum absolute atomic E-state index is 0.173. The van der Waals surface area contributed by atoms with Crippen molar-refractivity contribution >= 4 is 29.5 Å². The lowest BCUT2D eigenvalue weighted by Gasteiger charge is -2.31. The molecule has 1 aliphatic heterocycles. The summed E-state index contributed by atoms with van der Waals surface area (Å²) in [7, 11) is 0. The third-order valence-corrected chi connectivity index (χ3v) is 4.39. The molecule has 0 radical (unpaired) electrons. The zero-order valence-electron chi connectivity index (χ0n) is 13.4. The van der Waals surface area contributed by atoms with Gasteiger partial charge in [0.2, 0.25) is 0 Å². The predicted octanol–water partition coefficient (Wildman–Crippen LogP) is 2.96. The average molecular weight is 334 g/mol. The Labute approximate surface area is 139 Å². The Morgan fingerprint density at radius 1 is 1.09 bits per heavy atom. The van der Waals surface area contributed by atoms with Crippen molar-refractivity contribution in [1.82, 2.24) is 0 Å². The number of ketones is 1. The number of allylic oxidation sites excluding steroid dienone is 1. The van der Waals surface area contributed by atoms with Gasteiger partial charge in [-0.25, -0.2) is 9.59 Å². The molecule has 0 aromatic heterocycles. The lowest BCUT2D eigenvalue weighted by Crippen LogP contribution is -2.42. The van der Waals surface area contributed by atoms with Gasteiger partial charge in [-0.1, -0.05) is 37.3 Å². The summed E-state index contributed by atoms with van der Waals surface area (Å²) in [5.74, 6) is -3.64. The van der Waals surface area contributed by atoms with Crippen LogP contribution < -0.4 is 0 Å². The predicted molar refractivity (Wildman–Crippen MR) is 86.7 cm³/mol. The van der Waals surface area contributed by atoms with Gasteiger partial charge in [0.25, 0.3) is 5.79 Å². The van der Waals surface area contributed by atoms with Crippen LogP contribution in [0.2, 0.25) is 0 Å². The number of rotatable bonds is 4. The highest BCUT2D eigenvalue weighted by molar-refractivity contribution is 8.02. The first kappa shape index (κ1) is 17.3. The Kier molecular flexibility index (Phi) is 4.94. The monoisotopic (exact) mass is 334 g/mol. The summed E-state index contributed by atoms with van der Waals surface area (Å²) in [6.07, 6.45) is 1.71. The van der Waals surface area contributed by atoms with E-state index in [2.05, 4.69) is 0 Å². The Bertz CT molecular complexity index is 653. The van der Waals surface area contributed by atoms with Crippen molar-refractivity contribution in [2.24, 2.45) is 5.92 Å². The van der Waals surface area contributed by atoms with Crippen molar-refractivity contribution in [1.29, 1.82) is 0 Å². The van der Waals surface area contributed by atoms with Gasteiger partial charge in [0, 0.05) is 24.3 Å². The van der Waals surface area contributed by atoms with E-state index in [-0.39, 0.29) is 11.4 Å². The largest absolute Gasteiger partial charge is 0.419 e. The van der Waals surface area contributed by atoms with E-state index < -0.39 is 23.6 Å². The van der Waals surface area contributed by atoms with Crippen LogP contribution in [0, 0.1) is 5.92 Å². The molecule has 1 atom stereocenters.